The molecule has 0 amide bonds. The third-order valence-corrected chi connectivity index (χ3v) is 7.81. The fourth-order valence-electron chi connectivity index (χ4n) is 5.40. The number of hydrogen-bond acceptors (Lipinski definition) is 9. The van der Waals surface area contributed by atoms with E-state index in [2.05, 4.69) is 19.4 Å². The van der Waals surface area contributed by atoms with E-state index in [1.807, 2.05) is 36.4 Å². The predicted octanol–water partition coefficient (Wildman–Crippen LogP) is 3.96. The number of imidazole rings is 1. The molecule has 0 aliphatic carbocycles. The van der Waals surface area contributed by atoms with Crippen molar-refractivity contribution in [2.45, 2.75) is 32.2 Å². The Morgan fingerprint density at radius 3 is 2.68 bits per heavy atom. The zero-order valence-corrected chi connectivity index (χ0v) is 22.5. The number of aromatic nitrogens is 4. The Bertz CT molecular complexity index is 1700. The fourth-order valence-corrected chi connectivity index (χ4v) is 5.40. The molecule has 2 aromatic carbocycles. The molecule has 41 heavy (non-hydrogen) atoms. The average Bonchev–Trinajstić information content (AvgIpc) is 3.57. The van der Waals surface area contributed by atoms with Crippen LogP contribution < -0.4 is 9.64 Å². The zero-order valence-electron chi connectivity index (χ0n) is 22.5. The number of fused-ring (bicyclic) bond motifs is 2. The third-order valence-electron chi connectivity index (χ3n) is 7.81. The van der Waals surface area contributed by atoms with Crippen LogP contribution in [-0.2, 0) is 24.4 Å². The van der Waals surface area contributed by atoms with Gasteiger partial charge < -0.3 is 28.5 Å². The van der Waals surface area contributed by atoms with Gasteiger partial charge in [0.25, 0.3) is 0 Å². The lowest BCUT2D eigenvalue weighted by molar-refractivity contribution is -0.0592. The summed E-state index contributed by atoms with van der Waals surface area (Å²) in [6.07, 6.45) is 2.59. The molecule has 0 spiro atoms. The molecule has 3 aromatic heterocycles. The maximum Gasteiger partial charge on any atom is 0.335 e. The van der Waals surface area contributed by atoms with Crippen molar-refractivity contribution >= 4 is 33.9 Å². The molecule has 1 atom stereocenters. The third kappa shape index (κ3) is 5.33. The first-order valence-electron chi connectivity index (χ1n) is 13.8. The number of oxazole rings is 1. The van der Waals surface area contributed by atoms with E-state index < -0.39 is 5.97 Å². The second-order valence-electron chi connectivity index (χ2n) is 10.5. The van der Waals surface area contributed by atoms with Crippen LogP contribution in [0.15, 0.2) is 65.4 Å². The number of rotatable bonds is 9. The molecule has 2 fully saturated rings. The number of ether oxygens (including phenoxy) is 2. The van der Waals surface area contributed by atoms with Gasteiger partial charge in [-0.25, -0.2) is 14.8 Å². The number of anilines is 1. The summed E-state index contributed by atoms with van der Waals surface area (Å²) in [5.74, 6) is 1.47. The number of carboxylic acids is 1. The molecular weight excluding hydrogens is 524 g/mol. The van der Waals surface area contributed by atoms with Gasteiger partial charge in [-0.1, -0.05) is 12.1 Å². The Hall–Kier alpha value is -4.48. The van der Waals surface area contributed by atoms with Crippen molar-refractivity contribution in [2.75, 3.05) is 37.7 Å². The fraction of sp³-hybridized carbons (Fsp3) is 0.333. The Labute approximate surface area is 235 Å². The van der Waals surface area contributed by atoms with Crippen LogP contribution in [0.3, 0.4) is 0 Å². The minimum atomic E-state index is -0.937. The number of carbonyl (C=O) groups is 1. The SMILES string of the molecule is O=C(O)c1ccc2nc(CN3CCN(c4cccc(OCc5ccc6ncoc6c5)n4)CC3)n(CC3CCO3)c2c1. The smallest absolute Gasteiger partial charge is 0.335 e. The van der Waals surface area contributed by atoms with Gasteiger partial charge in [0.15, 0.2) is 12.0 Å². The van der Waals surface area contributed by atoms with Gasteiger partial charge in [0.2, 0.25) is 5.88 Å². The molecule has 2 saturated heterocycles. The average molecular weight is 555 g/mol. The molecule has 7 rings (SSSR count). The van der Waals surface area contributed by atoms with Gasteiger partial charge in [-0.05, 0) is 48.4 Å². The minimum Gasteiger partial charge on any atom is -0.478 e. The Balaban J connectivity index is 1.00. The first-order chi connectivity index (χ1) is 20.1. The maximum atomic E-state index is 11.6. The molecule has 0 saturated carbocycles. The van der Waals surface area contributed by atoms with E-state index in [1.165, 1.54) is 6.39 Å². The second kappa shape index (κ2) is 10.8. The standard InChI is InChI=1S/C30H30N6O5/c37-30(38)21-5-7-23-25(15-21)36(16-22-8-13-39-22)28(32-23)17-34-9-11-35(12-10-34)27-2-1-3-29(33-27)40-18-20-4-6-24-26(14-20)41-19-31-24/h1-7,14-15,19,22H,8-13,16-18H2,(H,37,38). The lowest BCUT2D eigenvalue weighted by atomic mass is 10.1. The summed E-state index contributed by atoms with van der Waals surface area (Å²) >= 11 is 0. The summed E-state index contributed by atoms with van der Waals surface area (Å²) in [7, 11) is 0. The van der Waals surface area contributed by atoms with Crippen LogP contribution in [0.4, 0.5) is 5.82 Å². The highest BCUT2D eigenvalue weighted by Gasteiger charge is 2.25. The van der Waals surface area contributed by atoms with Gasteiger partial charge in [-0.15, -0.1) is 0 Å². The van der Waals surface area contributed by atoms with Crippen LogP contribution in [0.1, 0.15) is 28.2 Å². The first-order valence-corrected chi connectivity index (χ1v) is 13.8. The van der Waals surface area contributed by atoms with Gasteiger partial charge >= 0.3 is 5.97 Å². The predicted molar refractivity (Wildman–Crippen MR) is 151 cm³/mol. The van der Waals surface area contributed by atoms with Crippen LogP contribution in [0.2, 0.25) is 0 Å². The first kappa shape index (κ1) is 25.5. The molecule has 1 N–H and O–H groups in total. The van der Waals surface area contributed by atoms with Crippen molar-refractivity contribution in [1.29, 1.82) is 0 Å². The molecular formula is C30H30N6O5. The van der Waals surface area contributed by atoms with E-state index in [9.17, 15) is 9.90 Å². The summed E-state index contributed by atoms with van der Waals surface area (Å²) in [6.45, 7) is 5.89. The summed E-state index contributed by atoms with van der Waals surface area (Å²) in [5, 5.41) is 9.50. The molecule has 2 aliphatic heterocycles. The second-order valence-corrected chi connectivity index (χ2v) is 10.5. The largest absolute Gasteiger partial charge is 0.478 e. The number of benzene rings is 2. The topological polar surface area (TPSA) is 119 Å². The van der Waals surface area contributed by atoms with E-state index >= 15 is 0 Å². The van der Waals surface area contributed by atoms with E-state index in [1.54, 1.807) is 18.2 Å². The normalized spacial score (nSPS) is 17.7. The van der Waals surface area contributed by atoms with Crippen molar-refractivity contribution in [1.82, 2.24) is 24.4 Å². The van der Waals surface area contributed by atoms with Crippen LogP contribution in [0.25, 0.3) is 22.1 Å². The van der Waals surface area contributed by atoms with Gasteiger partial charge in [-0.2, -0.15) is 4.98 Å². The monoisotopic (exact) mass is 554 g/mol. The summed E-state index contributed by atoms with van der Waals surface area (Å²) in [5.41, 5.74) is 4.47. The molecule has 0 radical (unpaired) electrons. The van der Waals surface area contributed by atoms with Crippen molar-refractivity contribution in [3.05, 3.63) is 77.9 Å². The van der Waals surface area contributed by atoms with Gasteiger partial charge in [0.05, 0.1) is 35.8 Å². The Morgan fingerprint density at radius 2 is 1.88 bits per heavy atom. The van der Waals surface area contributed by atoms with Gasteiger partial charge in [0.1, 0.15) is 23.8 Å². The molecule has 11 heteroatoms. The van der Waals surface area contributed by atoms with Crippen LogP contribution in [0.5, 0.6) is 5.88 Å². The molecule has 1 unspecified atom stereocenters. The van der Waals surface area contributed by atoms with E-state index in [0.29, 0.717) is 25.6 Å². The highest BCUT2D eigenvalue weighted by molar-refractivity contribution is 5.92. The number of nitrogens with zero attached hydrogens (tertiary/aromatic N) is 6. The molecule has 5 aromatic rings. The number of aromatic carboxylic acids is 1. The lowest BCUT2D eigenvalue weighted by Crippen LogP contribution is -2.46. The van der Waals surface area contributed by atoms with Crippen molar-refractivity contribution in [3.63, 3.8) is 0 Å². The Morgan fingerprint density at radius 1 is 1.02 bits per heavy atom. The molecule has 210 valence electrons. The Kier molecular flexibility index (Phi) is 6.73. The summed E-state index contributed by atoms with van der Waals surface area (Å²) < 4.78 is 19.2. The lowest BCUT2D eigenvalue weighted by Gasteiger charge is -2.35. The van der Waals surface area contributed by atoms with Crippen LogP contribution >= 0.6 is 0 Å². The number of carboxylic acid groups (broad SMARTS) is 1. The van der Waals surface area contributed by atoms with E-state index in [4.69, 9.17) is 23.9 Å². The highest BCUT2D eigenvalue weighted by Crippen LogP contribution is 2.25. The number of pyridine rings is 1. The molecule has 2 aliphatic rings. The van der Waals surface area contributed by atoms with Crippen molar-refractivity contribution in [2.24, 2.45) is 0 Å². The minimum absolute atomic E-state index is 0.141. The zero-order chi connectivity index (χ0) is 27.8. The number of piperazine rings is 1. The number of hydrogen-bond donors (Lipinski definition) is 1. The van der Waals surface area contributed by atoms with Crippen molar-refractivity contribution in [3.8, 4) is 5.88 Å². The molecule has 0 bridgehead atoms. The quantitative estimate of drug-likeness (QED) is 0.287. The van der Waals surface area contributed by atoms with E-state index in [0.717, 1.165) is 78.5 Å². The van der Waals surface area contributed by atoms with Gasteiger partial charge in [-0.3, -0.25) is 4.90 Å². The molecule has 11 nitrogen and oxygen atoms in total. The molecule has 5 heterocycles. The van der Waals surface area contributed by atoms with E-state index in [-0.39, 0.29) is 11.7 Å². The summed E-state index contributed by atoms with van der Waals surface area (Å²) in [4.78, 5) is 30.0. The van der Waals surface area contributed by atoms with Crippen molar-refractivity contribution < 1.29 is 23.8 Å². The summed E-state index contributed by atoms with van der Waals surface area (Å²) in [6, 6.07) is 16.8. The van der Waals surface area contributed by atoms with Crippen LogP contribution in [-0.4, -0.2) is 74.4 Å². The van der Waals surface area contributed by atoms with Gasteiger partial charge in [0, 0.05) is 38.9 Å². The highest BCUT2D eigenvalue weighted by atomic mass is 16.5. The maximum absolute atomic E-state index is 11.6. The van der Waals surface area contributed by atoms with Crippen LogP contribution in [0, 0.1) is 0 Å².